The highest BCUT2D eigenvalue weighted by atomic mass is 79.9. The summed E-state index contributed by atoms with van der Waals surface area (Å²) in [7, 11) is 0. The van der Waals surface area contributed by atoms with Crippen molar-refractivity contribution in [3.8, 4) is 0 Å². The summed E-state index contributed by atoms with van der Waals surface area (Å²) in [6.45, 7) is 0.583. The number of nitrogens with one attached hydrogen (secondary N) is 2. The molecule has 0 atom stereocenters. The molecule has 0 saturated heterocycles. The van der Waals surface area contributed by atoms with Crippen molar-refractivity contribution < 1.29 is 4.79 Å². The van der Waals surface area contributed by atoms with E-state index in [0.717, 1.165) is 27.4 Å². The van der Waals surface area contributed by atoms with E-state index in [1.807, 2.05) is 48.5 Å². The lowest BCUT2D eigenvalue weighted by molar-refractivity contribution is 0.252. The van der Waals surface area contributed by atoms with E-state index in [-0.39, 0.29) is 6.03 Å². The van der Waals surface area contributed by atoms with Gasteiger partial charge in [-0.25, -0.2) is 4.79 Å². The smallest absolute Gasteiger partial charge is 0.319 e. The Bertz CT molecular complexity index is 813. The Morgan fingerprint density at radius 3 is 2.74 bits per heavy atom. The zero-order valence-electron chi connectivity index (χ0n) is 12.4. The van der Waals surface area contributed by atoms with Crippen LogP contribution in [0.15, 0.2) is 65.4 Å². The molecule has 5 heteroatoms. The predicted molar refractivity (Wildman–Crippen MR) is 96.6 cm³/mol. The van der Waals surface area contributed by atoms with Gasteiger partial charge in [-0.15, -0.1) is 0 Å². The lowest BCUT2D eigenvalue weighted by Gasteiger charge is -2.10. The molecular formula is C18H16BrN3O. The van der Waals surface area contributed by atoms with Crippen LogP contribution in [-0.4, -0.2) is 17.6 Å². The molecule has 0 spiro atoms. The molecule has 3 aromatic rings. The van der Waals surface area contributed by atoms with Gasteiger partial charge in [-0.3, -0.25) is 4.98 Å². The third kappa shape index (κ3) is 4.07. The van der Waals surface area contributed by atoms with E-state index >= 15 is 0 Å². The molecule has 0 aliphatic heterocycles. The maximum Gasteiger partial charge on any atom is 0.319 e. The number of halogens is 1. The number of nitrogens with zero attached hydrogens (tertiary/aromatic N) is 1. The fourth-order valence-electron chi connectivity index (χ4n) is 2.37. The first-order valence-corrected chi connectivity index (χ1v) is 8.14. The molecule has 1 aromatic heterocycles. The van der Waals surface area contributed by atoms with Gasteiger partial charge in [-0.05, 0) is 36.2 Å². The first-order chi connectivity index (χ1) is 11.2. The molecule has 0 saturated carbocycles. The van der Waals surface area contributed by atoms with Crippen molar-refractivity contribution in [2.24, 2.45) is 0 Å². The van der Waals surface area contributed by atoms with Crippen molar-refractivity contribution in [1.82, 2.24) is 10.3 Å². The molecule has 2 aromatic carbocycles. The van der Waals surface area contributed by atoms with Gasteiger partial charge in [0.2, 0.25) is 0 Å². The average Bonchev–Trinajstić information content (AvgIpc) is 2.57. The Hall–Kier alpha value is -2.40. The highest BCUT2D eigenvalue weighted by Gasteiger charge is 2.05. The van der Waals surface area contributed by atoms with Crippen molar-refractivity contribution in [3.05, 3.63) is 71.0 Å². The van der Waals surface area contributed by atoms with E-state index in [1.165, 1.54) is 5.56 Å². The molecule has 4 nitrogen and oxygen atoms in total. The number of benzene rings is 2. The second kappa shape index (κ2) is 7.24. The predicted octanol–water partition coefficient (Wildman–Crippen LogP) is 4.36. The summed E-state index contributed by atoms with van der Waals surface area (Å²) in [5, 5.41) is 7.75. The Morgan fingerprint density at radius 1 is 1.09 bits per heavy atom. The number of hydrogen-bond donors (Lipinski definition) is 2. The number of carbonyl (C=O) groups is 1. The number of anilines is 1. The highest BCUT2D eigenvalue weighted by molar-refractivity contribution is 9.10. The molecule has 0 radical (unpaired) electrons. The van der Waals surface area contributed by atoms with E-state index in [1.54, 1.807) is 12.4 Å². The summed E-state index contributed by atoms with van der Waals surface area (Å²) in [6, 6.07) is 15.5. The summed E-state index contributed by atoms with van der Waals surface area (Å²) < 4.78 is 1.05. The van der Waals surface area contributed by atoms with Gasteiger partial charge in [0.05, 0.1) is 5.69 Å². The monoisotopic (exact) mass is 369 g/mol. The average molecular weight is 370 g/mol. The normalized spacial score (nSPS) is 10.5. The lowest BCUT2D eigenvalue weighted by Crippen LogP contribution is -2.30. The van der Waals surface area contributed by atoms with Crippen LogP contribution in [0.3, 0.4) is 0 Å². The van der Waals surface area contributed by atoms with Crippen molar-refractivity contribution in [1.29, 1.82) is 0 Å². The number of carbonyl (C=O) groups excluding carboxylic acids is 1. The number of amides is 2. The minimum Gasteiger partial charge on any atom is -0.338 e. The summed E-state index contributed by atoms with van der Waals surface area (Å²) in [5.41, 5.74) is 1.97. The first kappa shape index (κ1) is 15.5. The second-order valence-electron chi connectivity index (χ2n) is 5.16. The van der Waals surface area contributed by atoms with Gasteiger partial charge in [0, 0.05) is 34.2 Å². The summed E-state index contributed by atoms with van der Waals surface area (Å²) in [4.78, 5) is 16.1. The molecule has 2 N–H and O–H groups in total. The highest BCUT2D eigenvalue weighted by Crippen LogP contribution is 2.21. The Labute approximate surface area is 143 Å². The maximum atomic E-state index is 12.1. The third-order valence-corrected chi connectivity index (χ3v) is 4.07. The minimum absolute atomic E-state index is 0.202. The zero-order valence-corrected chi connectivity index (χ0v) is 14.0. The number of rotatable bonds is 4. The Balaban J connectivity index is 1.57. The minimum atomic E-state index is -0.202. The molecule has 0 unspecified atom stereocenters. The van der Waals surface area contributed by atoms with Crippen LogP contribution in [0.2, 0.25) is 0 Å². The van der Waals surface area contributed by atoms with Crippen molar-refractivity contribution in [2.75, 3.05) is 11.9 Å². The summed E-state index contributed by atoms with van der Waals surface area (Å²) in [6.07, 6.45) is 4.30. The maximum absolute atomic E-state index is 12.1. The molecule has 0 bridgehead atoms. The topological polar surface area (TPSA) is 54.0 Å². The SMILES string of the molecule is O=C(NCCc1ccc(Br)cc1)Nc1cccc2cnccc12. The van der Waals surface area contributed by atoms with Gasteiger partial charge >= 0.3 is 6.03 Å². The fourth-order valence-corrected chi connectivity index (χ4v) is 2.63. The number of fused-ring (bicyclic) bond motifs is 1. The summed E-state index contributed by atoms with van der Waals surface area (Å²) in [5.74, 6) is 0. The van der Waals surface area contributed by atoms with Crippen LogP contribution in [0.4, 0.5) is 10.5 Å². The fraction of sp³-hybridized carbons (Fsp3) is 0.111. The van der Waals surface area contributed by atoms with Gasteiger partial charge in [0.25, 0.3) is 0 Å². The van der Waals surface area contributed by atoms with Crippen LogP contribution in [0.25, 0.3) is 10.8 Å². The molecular weight excluding hydrogens is 354 g/mol. The zero-order chi connectivity index (χ0) is 16.1. The molecule has 0 aliphatic rings. The molecule has 116 valence electrons. The molecule has 2 amide bonds. The Morgan fingerprint density at radius 2 is 1.91 bits per heavy atom. The van der Waals surface area contributed by atoms with E-state index < -0.39 is 0 Å². The van der Waals surface area contributed by atoms with Gasteiger partial charge in [0.15, 0.2) is 0 Å². The van der Waals surface area contributed by atoms with Gasteiger partial charge in [-0.1, -0.05) is 40.2 Å². The van der Waals surface area contributed by atoms with E-state index in [4.69, 9.17) is 0 Å². The van der Waals surface area contributed by atoms with Crippen LogP contribution < -0.4 is 10.6 Å². The molecule has 3 rings (SSSR count). The number of urea groups is 1. The quantitative estimate of drug-likeness (QED) is 0.717. The van der Waals surface area contributed by atoms with Gasteiger partial charge in [0.1, 0.15) is 0 Å². The summed E-state index contributed by atoms with van der Waals surface area (Å²) >= 11 is 3.41. The number of hydrogen-bond acceptors (Lipinski definition) is 2. The van der Waals surface area contributed by atoms with E-state index in [9.17, 15) is 4.79 Å². The molecule has 1 heterocycles. The van der Waals surface area contributed by atoms with Gasteiger partial charge in [-0.2, -0.15) is 0 Å². The Kier molecular flexibility index (Phi) is 4.88. The first-order valence-electron chi connectivity index (χ1n) is 7.34. The van der Waals surface area contributed by atoms with Crippen LogP contribution >= 0.6 is 15.9 Å². The third-order valence-electron chi connectivity index (χ3n) is 3.54. The molecule has 0 aliphatic carbocycles. The van der Waals surface area contributed by atoms with E-state index in [0.29, 0.717) is 6.54 Å². The van der Waals surface area contributed by atoms with Crippen LogP contribution in [-0.2, 0) is 6.42 Å². The van der Waals surface area contributed by atoms with Crippen LogP contribution in [0.5, 0.6) is 0 Å². The van der Waals surface area contributed by atoms with Gasteiger partial charge < -0.3 is 10.6 Å². The van der Waals surface area contributed by atoms with Crippen molar-refractivity contribution in [2.45, 2.75) is 6.42 Å². The van der Waals surface area contributed by atoms with Crippen molar-refractivity contribution >= 4 is 38.4 Å². The molecule has 23 heavy (non-hydrogen) atoms. The van der Waals surface area contributed by atoms with Crippen LogP contribution in [0, 0.1) is 0 Å². The van der Waals surface area contributed by atoms with E-state index in [2.05, 4.69) is 31.5 Å². The van der Waals surface area contributed by atoms with Crippen molar-refractivity contribution in [3.63, 3.8) is 0 Å². The van der Waals surface area contributed by atoms with Crippen LogP contribution in [0.1, 0.15) is 5.56 Å². The second-order valence-corrected chi connectivity index (χ2v) is 6.08. The number of aromatic nitrogens is 1. The largest absolute Gasteiger partial charge is 0.338 e. The lowest BCUT2D eigenvalue weighted by atomic mass is 10.1. The standard InChI is InChI=1S/C18H16BrN3O/c19-15-6-4-13(5-7-15)8-11-21-18(23)22-17-3-1-2-14-12-20-10-9-16(14)17/h1-7,9-10,12H,8,11H2,(H2,21,22,23). The molecule has 0 fully saturated rings. The number of pyridine rings is 1.